The molecular weight excluding hydrogens is 392 g/mol. The largest absolute Gasteiger partial charge is 0.482 e. The summed E-state index contributed by atoms with van der Waals surface area (Å²) in [6.07, 6.45) is 2.50. The highest BCUT2D eigenvalue weighted by Gasteiger charge is 2.20. The number of likely N-dealkylation sites (N-methyl/N-ethyl adjacent to an activating group) is 1. The number of ether oxygens (including phenoxy) is 2. The number of amides is 2. The Bertz CT molecular complexity index is 1030. The lowest BCUT2D eigenvalue weighted by molar-refractivity contribution is -0.150. The van der Waals surface area contributed by atoms with Crippen molar-refractivity contribution >= 4 is 28.8 Å². The molecule has 0 aliphatic heterocycles. The molecule has 0 fully saturated rings. The first-order chi connectivity index (χ1) is 14.4. The second-order valence-electron chi connectivity index (χ2n) is 6.99. The summed E-state index contributed by atoms with van der Waals surface area (Å²) >= 11 is 0. The van der Waals surface area contributed by atoms with Crippen LogP contribution in [0.2, 0.25) is 0 Å². The van der Waals surface area contributed by atoms with Crippen LogP contribution in [-0.2, 0) is 32.0 Å². The molecule has 160 valence electrons. The first-order valence-corrected chi connectivity index (χ1v) is 9.83. The zero-order valence-electron chi connectivity index (χ0n) is 16.9. The molecule has 1 aromatic carbocycles. The third kappa shape index (κ3) is 4.97. The van der Waals surface area contributed by atoms with E-state index in [1.165, 1.54) is 6.92 Å². The topological polar surface area (TPSA) is 124 Å². The Hall–Kier alpha value is -3.36. The molecule has 0 spiro atoms. The van der Waals surface area contributed by atoms with Gasteiger partial charge in [0.2, 0.25) is 5.91 Å². The van der Waals surface area contributed by atoms with Crippen LogP contribution in [0.15, 0.2) is 27.4 Å². The normalized spacial score (nSPS) is 13.4. The molecule has 2 amide bonds. The fourth-order valence-electron chi connectivity index (χ4n) is 3.36. The van der Waals surface area contributed by atoms with Gasteiger partial charge in [-0.15, -0.1) is 0 Å². The summed E-state index contributed by atoms with van der Waals surface area (Å²) in [4.78, 5) is 47.2. The van der Waals surface area contributed by atoms with E-state index in [2.05, 4.69) is 10.6 Å². The van der Waals surface area contributed by atoms with Crippen LogP contribution >= 0.6 is 0 Å². The molecule has 1 aliphatic rings. The highest BCUT2D eigenvalue weighted by Crippen LogP contribution is 2.29. The predicted molar refractivity (Wildman–Crippen MR) is 107 cm³/mol. The van der Waals surface area contributed by atoms with Crippen molar-refractivity contribution in [3.63, 3.8) is 0 Å². The standard InChI is InChI=1S/C21H24N2O7/c1-3-22-20(26)12(2)23-18(24)10-29-19(25)11-28-13-7-8-15-14-5-4-6-16(14)21(27)30-17(15)9-13/h7-9,12H,3-6,10-11H2,1-2H3,(H,22,26)(H,23,24)/t12-/m0/s1. The molecule has 0 radical (unpaired) electrons. The Morgan fingerprint density at radius 3 is 2.70 bits per heavy atom. The van der Waals surface area contributed by atoms with E-state index in [1.54, 1.807) is 25.1 Å². The van der Waals surface area contributed by atoms with Crippen molar-refractivity contribution in [2.24, 2.45) is 0 Å². The fourth-order valence-corrected chi connectivity index (χ4v) is 3.36. The highest BCUT2D eigenvalue weighted by molar-refractivity contribution is 5.88. The lowest BCUT2D eigenvalue weighted by Crippen LogP contribution is -2.46. The van der Waals surface area contributed by atoms with Gasteiger partial charge in [-0.05, 0) is 50.8 Å². The van der Waals surface area contributed by atoms with E-state index < -0.39 is 31.1 Å². The van der Waals surface area contributed by atoms with Crippen LogP contribution in [-0.4, -0.2) is 43.6 Å². The van der Waals surface area contributed by atoms with Crippen LogP contribution in [0.5, 0.6) is 5.75 Å². The number of fused-ring (bicyclic) bond motifs is 3. The van der Waals surface area contributed by atoms with Gasteiger partial charge in [0.1, 0.15) is 17.4 Å². The van der Waals surface area contributed by atoms with E-state index >= 15 is 0 Å². The second kappa shape index (κ2) is 9.43. The molecular formula is C21H24N2O7. The van der Waals surface area contributed by atoms with Crippen molar-refractivity contribution < 1.29 is 28.3 Å². The lowest BCUT2D eigenvalue weighted by Gasteiger charge is -2.13. The zero-order valence-corrected chi connectivity index (χ0v) is 16.9. The summed E-state index contributed by atoms with van der Waals surface area (Å²) in [6.45, 7) is 2.81. The molecule has 1 aromatic heterocycles. The van der Waals surface area contributed by atoms with Crippen LogP contribution in [0.1, 0.15) is 31.4 Å². The maximum Gasteiger partial charge on any atom is 0.344 e. The van der Waals surface area contributed by atoms with Crippen molar-refractivity contribution in [3.8, 4) is 5.75 Å². The number of esters is 1. The molecule has 2 N–H and O–H groups in total. The van der Waals surface area contributed by atoms with E-state index in [9.17, 15) is 19.2 Å². The van der Waals surface area contributed by atoms with Crippen LogP contribution in [0, 0.1) is 0 Å². The number of benzene rings is 1. The maximum atomic E-state index is 12.1. The van der Waals surface area contributed by atoms with Gasteiger partial charge in [-0.3, -0.25) is 9.59 Å². The Morgan fingerprint density at radius 1 is 1.17 bits per heavy atom. The maximum absolute atomic E-state index is 12.1. The third-order valence-corrected chi connectivity index (χ3v) is 4.79. The Balaban J connectivity index is 1.51. The summed E-state index contributed by atoms with van der Waals surface area (Å²) in [5, 5.41) is 5.87. The average molecular weight is 416 g/mol. The first kappa shape index (κ1) is 21.4. The van der Waals surface area contributed by atoms with Gasteiger partial charge in [0, 0.05) is 23.6 Å². The number of aryl methyl sites for hydroxylation is 1. The third-order valence-electron chi connectivity index (χ3n) is 4.79. The lowest BCUT2D eigenvalue weighted by atomic mass is 10.1. The molecule has 3 rings (SSSR count). The number of nitrogens with one attached hydrogen (secondary N) is 2. The van der Waals surface area contributed by atoms with Crippen LogP contribution in [0.3, 0.4) is 0 Å². The van der Waals surface area contributed by atoms with Crippen LogP contribution < -0.4 is 21.0 Å². The molecule has 2 aromatic rings. The van der Waals surface area contributed by atoms with E-state index in [0.29, 0.717) is 17.9 Å². The minimum atomic E-state index is -0.744. The number of hydrogen-bond donors (Lipinski definition) is 2. The number of carbonyl (C=O) groups excluding carboxylic acids is 3. The van der Waals surface area contributed by atoms with Gasteiger partial charge < -0.3 is 24.5 Å². The SMILES string of the molecule is CCNC(=O)[C@H](C)NC(=O)COC(=O)COc1ccc2c3c(c(=O)oc2c1)CCC3. The van der Waals surface area contributed by atoms with Gasteiger partial charge >= 0.3 is 11.6 Å². The Morgan fingerprint density at radius 2 is 1.93 bits per heavy atom. The van der Waals surface area contributed by atoms with Gasteiger partial charge in [-0.2, -0.15) is 0 Å². The van der Waals surface area contributed by atoms with Crippen molar-refractivity contribution in [1.82, 2.24) is 10.6 Å². The summed E-state index contributed by atoms with van der Waals surface area (Å²) in [6, 6.07) is 4.32. The predicted octanol–water partition coefficient (Wildman–Crippen LogP) is 0.845. The van der Waals surface area contributed by atoms with Crippen molar-refractivity contribution in [2.45, 2.75) is 39.2 Å². The van der Waals surface area contributed by atoms with E-state index in [1.807, 2.05) is 0 Å². The summed E-state index contributed by atoms with van der Waals surface area (Å²) in [5.74, 6) is -1.32. The van der Waals surface area contributed by atoms with Gasteiger partial charge in [-0.25, -0.2) is 9.59 Å². The van der Waals surface area contributed by atoms with Gasteiger partial charge in [0.25, 0.3) is 5.91 Å². The summed E-state index contributed by atoms with van der Waals surface area (Å²) in [7, 11) is 0. The molecule has 1 aliphatic carbocycles. The number of hydrogen-bond acceptors (Lipinski definition) is 7. The zero-order chi connectivity index (χ0) is 21.7. The molecule has 0 bridgehead atoms. The monoisotopic (exact) mass is 416 g/mol. The Labute approximate surface area is 172 Å². The van der Waals surface area contributed by atoms with E-state index in [-0.39, 0.29) is 11.5 Å². The Kier molecular flexibility index (Phi) is 6.71. The van der Waals surface area contributed by atoms with Crippen LogP contribution in [0.4, 0.5) is 0 Å². The molecule has 9 nitrogen and oxygen atoms in total. The molecule has 0 unspecified atom stereocenters. The summed E-state index contributed by atoms with van der Waals surface area (Å²) in [5.41, 5.74) is 1.82. The molecule has 0 saturated heterocycles. The minimum Gasteiger partial charge on any atom is -0.482 e. The van der Waals surface area contributed by atoms with Gasteiger partial charge in [0.15, 0.2) is 13.2 Å². The second-order valence-corrected chi connectivity index (χ2v) is 6.99. The van der Waals surface area contributed by atoms with E-state index in [0.717, 1.165) is 35.8 Å². The molecule has 0 saturated carbocycles. The molecule has 1 heterocycles. The molecule has 30 heavy (non-hydrogen) atoms. The van der Waals surface area contributed by atoms with Gasteiger partial charge in [-0.1, -0.05) is 0 Å². The summed E-state index contributed by atoms with van der Waals surface area (Å²) < 4.78 is 15.6. The van der Waals surface area contributed by atoms with Crippen LogP contribution in [0.25, 0.3) is 11.0 Å². The fraction of sp³-hybridized carbons (Fsp3) is 0.429. The highest BCUT2D eigenvalue weighted by atomic mass is 16.6. The molecule has 1 atom stereocenters. The smallest absolute Gasteiger partial charge is 0.344 e. The van der Waals surface area contributed by atoms with Crippen molar-refractivity contribution in [2.75, 3.05) is 19.8 Å². The average Bonchev–Trinajstić information content (AvgIpc) is 3.21. The number of carbonyl (C=O) groups is 3. The van der Waals surface area contributed by atoms with Crippen molar-refractivity contribution in [1.29, 1.82) is 0 Å². The minimum absolute atomic E-state index is 0.325. The van der Waals surface area contributed by atoms with Gasteiger partial charge in [0.05, 0.1) is 0 Å². The molecule has 9 heteroatoms. The quantitative estimate of drug-likeness (QED) is 0.483. The van der Waals surface area contributed by atoms with E-state index in [4.69, 9.17) is 13.9 Å². The number of rotatable bonds is 8. The van der Waals surface area contributed by atoms with Crippen molar-refractivity contribution in [3.05, 3.63) is 39.7 Å². The first-order valence-electron chi connectivity index (χ1n) is 9.83.